The Labute approximate surface area is 173 Å². The summed E-state index contributed by atoms with van der Waals surface area (Å²) in [6.45, 7) is 4.08. The number of sulfonamides is 1. The van der Waals surface area contributed by atoms with Crippen molar-refractivity contribution >= 4 is 20.8 Å². The molecule has 6 heteroatoms. The number of ether oxygens (including phenoxy) is 1. The number of nitrogens with one attached hydrogen (secondary N) is 1. The van der Waals surface area contributed by atoms with Crippen LogP contribution in [-0.4, -0.2) is 41.1 Å². The third kappa shape index (κ3) is 4.45. The highest BCUT2D eigenvalue weighted by atomic mass is 32.2. The molecule has 1 N–H and O–H groups in total. The Bertz CT molecular complexity index is 1120. The van der Waals surface area contributed by atoms with Crippen molar-refractivity contribution < 1.29 is 13.2 Å². The van der Waals surface area contributed by atoms with Crippen LogP contribution in [0, 0.1) is 13.8 Å². The van der Waals surface area contributed by atoms with Gasteiger partial charge < -0.3 is 9.64 Å². The smallest absolute Gasteiger partial charge is 0.244 e. The third-order valence-electron chi connectivity index (χ3n) is 5.34. The van der Waals surface area contributed by atoms with E-state index in [4.69, 9.17) is 4.74 Å². The molecular formula is C23H28N2O3S. The number of fused-ring (bicyclic) bond motifs is 1. The fourth-order valence-corrected chi connectivity index (χ4v) is 4.78. The highest BCUT2D eigenvalue weighted by Gasteiger charge is 2.24. The first-order chi connectivity index (χ1) is 13.7. The number of benzene rings is 3. The van der Waals surface area contributed by atoms with Gasteiger partial charge in [0.1, 0.15) is 10.6 Å². The summed E-state index contributed by atoms with van der Waals surface area (Å²) >= 11 is 0. The topological polar surface area (TPSA) is 58.6 Å². The summed E-state index contributed by atoms with van der Waals surface area (Å²) < 4.78 is 34.3. The molecule has 0 spiro atoms. The van der Waals surface area contributed by atoms with E-state index >= 15 is 0 Å². The minimum atomic E-state index is -3.73. The van der Waals surface area contributed by atoms with Crippen molar-refractivity contribution in [2.45, 2.75) is 24.8 Å². The molecule has 3 aromatic carbocycles. The molecule has 0 bridgehead atoms. The summed E-state index contributed by atoms with van der Waals surface area (Å²) in [7, 11) is 1.67. The van der Waals surface area contributed by atoms with Crippen LogP contribution in [-0.2, 0) is 10.0 Å². The van der Waals surface area contributed by atoms with Gasteiger partial charge >= 0.3 is 0 Å². The molecule has 0 amide bonds. The van der Waals surface area contributed by atoms with Gasteiger partial charge in [-0.1, -0.05) is 42.5 Å². The predicted molar refractivity (Wildman–Crippen MR) is 118 cm³/mol. The van der Waals surface area contributed by atoms with Gasteiger partial charge in [0.05, 0.1) is 7.11 Å². The molecular weight excluding hydrogens is 384 g/mol. The van der Waals surface area contributed by atoms with Gasteiger partial charge in [0.2, 0.25) is 10.0 Å². The summed E-state index contributed by atoms with van der Waals surface area (Å²) in [5, 5.41) is 2.26. The van der Waals surface area contributed by atoms with Gasteiger partial charge in [-0.3, -0.25) is 0 Å². The van der Waals surface area contributed by atoms with Crippen molar-refractivity contribution in [2.24, 2.45) is 0 Å². The van der Waals surface area contributed by atoms with Crippen LogP contribution in [0.25, 0.3) is 10.8 Å². The quantitative estimate of drug-likeness (QED) is 0.636. The first-order valence-corrected chi connectivity index (χ1v) is 11.0. The Morgan fingerprint density at radius 3 is 2.34 bits per heavy atom. The maximum atomic E-state index is 13.1. The van der Waals surface area contributed by atoms with Crippen LogP contribution in [0.2, 0.25) is 0 Å². The van der Waals surface area contributed by atoms with Gasteiger partial charge in [-0.25, -0.2) is 13.1 Å². The van der Waals surface area contributed by atoms with E-state index in [0.29, 0.717) is 5.75 Å². The maximum Gasteiger partial charge on any atom is 0.244 e. The molecule has 0 saturated heterocycles. The van der Waals surface area contributed by atoms with Crippen molar-refractivity contribution in [3.05, 3.63) is 71.3 Å². The van der Waals surface area contributed by atoms with Crippen molar-refractivity contribution in [3.63, 3.8) is 0 Å². The molecule has 0 saturated carbocycles. The lowest BCUT2D eigenvalue weighted by atomic mass is 9.98. The standard InChI is InChI=1S/C23H28N2O3S/c1-16-13-22(28-5)23(14-17(16)2)29(26,27)24-15-21(25(3)4)20-12-8-10-18-9-6-7-11-19(18)20/h6-14,21,24H,15H2,1-5H3. The molecule has 1 unspecified atom stereocenters. The molecule has 0 fully saturated rings. The van der Waals surface area contributed by atoms with Crippen LogP contribution in [0.1, 0.15) is 22.7 Å². The molecule has 154 valence electrons. The Balaban J connectivity index is 1.94. The highest BCUT2D eigenvalue weighted by molar-refractivity contribution is 7.89. The molecule has 3 aromatic rings. The largest absolute Gasteiger partial charge is 0.495 e. The zero-order valence-corrected chi connectivity index (χ0v) is 18.4. The predicted octanol–water partition coefficient (Wildman–Crippen LogP) is 4.05. The summed E-state index contributed by atoms with van der Waals surface area (Å²) in [5.74, 6) is 0.354. The number of hydrogen-bond donors (Lipinski definition) is 1. The van der Waals surface area contributed by atoms with Crippen molar-refractivity contribution in [1.82, 2.24) is 9.62 Å². The number of likely N-dealkylation sites (N-methyl/N-ethyl adjacent to an activating group) is 1. The van der Waals surface area contributed by atoms with Crippen LogP contribution >= 0.6 is 0 Å². The zero-order chi connectivity index (χ0) is 21.2. The van der Waals surface area contributed by atoms with Crippen LogP contribution in [0.5, 0.6) is 5.75 Å². The lowest BCUT2D eigenvalue weighted by molar-refractivity contribution is 0.301. The lowest BCUT2D eigenvalue weighted by Crippen LogP contribution is -2.34. The summed E-state index contributed by atoms with van der Waals surface area (Å²) in [6.07, 6.45) is 0. The van der Waals surface area contributed by atoms with Gasteiger partial charge in [-0.2, -0.15) is 0 Å². The van der Waals surface area contributed by atoms with Crippen LogP contribution in [0.4, 0.5) is 0 Å². The van der Waals surface area contributed by atoms with E-state index in [-0.39, 0.29) is 17.5 Å². The Kier molecular flexibility index (Phi) is 6.27. The van der Waals surface area contributed by atoms with Gasteiger partial charge in [-0.15, -0.1) is 0 Å². The average molecular weight is 413 g/mol. The SMILES string of the molecule is COc1cc(C)c(C)cc1S(=O)(=O)NCC(c1cccc2ccccc12)N(C)C. The van der Waals surface area contributed by atoms with Crippen molar-refractivity contribution in [2.75, 3.05) is 27.7 Å². The maximum absolute atomic E-state index is 13.1. The third-order valence-corrected chi connectivity index (χ3v) is 6.79. The summed E-state index contributed by atoms with van der Waals surface area (Å²) in [6, 6.07) is 17.6. The minimum absolute atomic E-state index is 0.117. The van der Waals surface area contributed by atoms with E-state index in [9.17, 15) is 8.42 Å². The molecule has 5 nitrogen and oxygen atoms in total. The fraction of sp³-hybridized carbons (Fsp3) is 0.304. The van der Waals surface area contributed by atoms with E-state index in [1.54, 1.807) is 12.1 Å². The lowest BCUT2D eigenvalue weighted by Gasteiger charge is -2.26. The molecule has 1 atom stereocenters. The van der Waals surface area contributed by atoms with Gasteiger partial charge in [0, 0.05) is 12.6 Å². The second kappa shape index (κ2) is 8.53. The molecule has 0 heterocycles. The van der Waals surface area contributed by atoms with Gasteiger partial charge in [0.25, 0.3) is 0 Å². The number of hydrogen-bond acceptors (Lipinski definition) is 4. The van der Waals surface area contributed by atoms with Crippen LogP contribution < -0.4 is 9.46 Å². The number of rotatable bonds is 7. The first-order valence-electron chi connectivity index (χ1n) is 9.53. The number of aryl methyl sites for hydroxylation is 2. The van der Waals surface area contributed by atoms with E-state index in [2.05, 4.69) is 29.0 Å². The Morgan fingerprint density at radius 2 is 1.66 bits per heavy atom. The van der Waals surface area contributed by atoms with Crippen LogP contribution in [0.15, 0.2) is 59.5 Å². The second-order valence-electron chi connectivity index (χ2n) is 7.49. The van der Waals surface area contributed by atoms with E-state index in [1.165, 1.54) is 7.11 Å². The second-order valence-corrected chi connectivity index (χ2v) is 9.22. The Morgan fingerprint density at radius 1 is 1.00 bits per heavy atom. The first kappa shape index (κ1) is 21.3. The summed E-state index contributed by atoms with van der Waals surface area (Å²) in [5.41, 5.74) is 2.98. The molecule has 0 aliphatic heterocycles. The molecule has 0 aromatic heterocycles. The van der Waals surface area contributed by atoms with Gasteiger partial charge in [-0.05, 0) is 67.5 Å². The molecule has 0 radical (unpaired) electrons. The molecule has 0 aliphatic rings. The fourth-order valence-electron chi connectivity index (χ4n) is 3.51. The van der Waals surface area contributed by atoms with Crippen molar-refractivity contribution in [1.29, 1.82) is 0 Å². The van der Waals surface area contributed by atoms with Crippen molar-refractivity contribution in [3.8, 4) is 5.75 Å². The Hall–Kier alpha value is -2.41. The normalized spacial score (nSPS) is 13.0. The van der Waals surface area contributed by atoms with Crippen LogP contribution in [0.3, 0.4) is 0 Å². The van der Waals surface area contributed by atoms with E-state index < -0.39 is 10.0 Å². The average Bonchev–Trinajstić information content (AvgIpc) is 2.69. The van der Waals surface area contributed by atoms with E-state index in [1.807, 2.05) is 51.0 Å². The number of nitrogens with zero attached hydrogens (tertiary/aromatic N) is 1. The summed E-state index contributed by atoms with van der Waals surface area (Å²) in [4.78, 5) is 2.19. The zero-order valence-electron chi connectivity index (χ0n) is 17.6. The van der Waals surface area contributed by atoms with Gasteiger partial charge in [0.15, 0.2) is 0 Å². The van der Waals surface area contributed by atoms with E-state index in [0.717, 1.165) is 27.5 Å². The molecule has 3 rings (SSSR count). The minimum Gasteiger partial charge on any atom is -0.495 e. The number of methoxy groups -OCH3 is 1. The highest BCUT2D eigenvalue weighted by Crippen LogP contribution is 2.29. The molecule has 0 aliphatic carbocycles. The monoisotopic (exact) mass is 412 g/mol. The molecule has 29 heavy (non-hydrogen) atoms.